The average molecular weight is 333 g/mol. The van der Waals surface area contributed by atoms with Crippen LogP contribution in [0, 0.1) is 5.82 Å². The van der Waals surface area contributed by atoms with Gasteiger partial charge in [-0.05, 0) is 29.8 Å². The lowest BCUT2D eigenvalue weighted by Crippen LogP contribution is -2.15. The smallest absolute Gasteiger partial charge is 0.228 e. The number of hydrogen-bond acceptors (Lipinski definition) is 1. The molecule has 1 amide bonds. The number of nitrogens with one attached hydrogen (secondary N) is 1. The van der Waals surface area contributed by atoms with E-state index in [4.69, 9.17) is 34.8 Å². The summed E-state index contributed by atoms with van der Waals surface area (Å²) in [6, 6.07) is 8.65. The lowest BCUT2D eigenvalue weighted by molar-refractivity contribution is -0.115. The Hall–Kier alpha value is -1.29. The van der Waals surface area contributed by atoms with Crippen LogP contribution in [0.3, 0.4) is 0 Å². The summed E-state index contributed by atoms with van der Waals surface area (Å²) in [5.41, 5.74) is 0.995. The summed E-state index contributed by atoms with van der Waals surface area (Å²) in [6.07, 6.45) is 0.0928. The first kappa shape index (κ1) is 15.1. The Bertz CT molecular complexity index is 620. The number of carbonyl (C=O) groups is 1. The van der Waals surface area contributed by atoms with Crippen LogP contribution in [0.4, 0.5) is 10.1 Å². The van der Waals surface area contributed by atoms with Gasteiger partial charge in [-0.25, -0.2) is 4.39 Å². The van der Waals surface area contributed by atoms with Gasteiger partial charge in [-0.2, -0.15) is 0 Å². The standard InChI is InChI=1S/C14H9Cl3FNO/c15-9-6-11(16)14(12(17)7-9)19-13(20)5-8-1-3-10(18)4-2-8/h1-4,6-7H,5H2,(H,19,20). The van der Waals surface area contributed by atoms with Gasteiger partial charge in [0.25, 0.3) is 0 Å². The molecule has 2 aromatic rings. The quantitative estimate of drug-likeness (QED) is 0.845. The lowest BCUT2D eigenvalue weighted by Gasteiger charge is -2.10. The van der Waals surface area contributed by atoms with Gasteiger partial charge in [-0.1, -0.05) is 46.9 Å². The Morgan fingerprint density at radius 1 is 1.05 bits per heavy atom. The minimum Gasteiger partial charge on any atom is -0.323 e. The van der Waals surface area contributed by atoms with Crippen molar-refractivity contribution in [1.82, 2.24) is 0 Å². The molecule has 2 rings (SSSR count). The number of carbonyl (C=O) groups excluding carboxylic acids is 1. The van der Waals surface area contributed by atoms with Gasteiger partial charge in [-0.15, -0.1) is 0 Å². The summed E-state index contributed by atoms with van der Waals surface area (Å²) < 4.78 is 12.8. The van der Waals surface area contributed by atoms with Gasteiger partial charge in [0.05, 0.1) is 22.2 Å². The molecule has 0 radical (unpaired) electrons. The van der Waals surface area contributed by atoms with Crippen LogP contribution in [0.2, 0.25) is 15.1 Å². The first-order chi connectivity index (χ1) is 9.45. The van der Waals surface area contributed by atoms with Gasteiger partial charge in [0.1, 0.15) is 5.82 Å². The van der Waals surface area contributed by atoms with Crippen molar-refractivity contribution in [3.8, 4) is 0 Å². The highest BCUT2D eigenvalue weighted by Gasteiger charge is 2.11. The number of benzene rings is 2. The van der Waals surface area contributed by atoms with Crippen LogP contribution in [0.5, 0.6) is 0 Å². The fourth-order valence-electron chi connectivity index (χ4n) is 1.63. The maximum atomic E-state index is 12.8. The van der Waals surface area contributed by atoms with E-state index in [1.165, 1.54) is 24.3 Å². The van der Waals surface area contributed by atoms with E-state index in [-0.39, 0.29) is 28.2 Å². The molecule has 0 aliphatic rings. The summed E-state index contributed by atoms with van der Waals surface area (Å²) in [5.74, 6) is -0.652. The van der Waals surface area contributed by atoms with Gasteiger partial charge < -0.3 is 5.32 Å². The van der Waals surface area contributed by atoms with Crippen LogP contribution < -0.4 is 5.32 Å². The van der Waals surface area contributed by atoms with E-state index in [9.17, 15) is 9.18 Å². The van der Waals surface area contributed by atoms with Crippen molar-refractivity contribution < 1.29 is 9.18 Å². The van der Waals surface area contributed by atoms with Crippen molar-refractivity contribution in [3.05, 3.63) is 62.8 Å². The molecule has 2 nitrogen and oxygen atoms in total. The third-order valence-electron chi connectivity index (χ3n) is 2.55. The highest BCUT2D eigenvalue weighted by Crippen LogP contribution is 2.33. The first-order valence-corrected chi connectivity index (χ1v) is 6.78. The maximum absolute atomic E-state index is 12.8. The molecule has 0 saturated carbocycles. The summed E-state index contributed by atoms with van der Waals surface area (Å²) in [5, 5.41) is 3.52. The molecule has 0 heterocycles. The van der Waals surface area contributed by atoms with E-state index in [1.807, 2.05) is 0 Å². The molecule has 6 heteroatoms. The summed E-state index contributed by atoms with van der Waals surface area (Å²) in [4.78, 5) is 11.9. The molecule has 0 saturated heterocycles. The molecule has 2 aromatic carbocycles. The number of amides is 1. The molecule has 0 aromatic heterocycles. The molecule has 0 spiro atoms. The van der Waals surface area contributed by atoms with Gasteiger partial charge in [0.2, 0.25) is 5.91 Å². The fraction of sp³-hybridized carbons (Fsp3) is 0.0714. The third kappa shape index (κ3) is 3.85. The molecule has 1 N–H and O–H groups in total. The van der Waals surface area contributed by atoms with Crippen LogP contribution in [0.25, 0.3) is 0 Å². The van der Waals surface area contributed by atoms with Gasteiger partial charge in [-0.3, -0.25) is 4.79 Å². The maximum Gasteiger partial charge on any atom is 0.228 e. The zero-order valence-electron chi connectivity index (χ0n) is 10.1. The van der Waals surface area contributed by atoms with Crippen molar-refractivity contribution >= 4 is 46.4 Å². The Kier molecular flexibility index (Phi) is 4.86. The van der Waals surface area contributed by atoms with Crippen molar-refractivity contribution in [2.45, 2.75) is 6.42 Å². The highest BCUT2D eigenvalue weighted by molar-refractivity contribution is 6.42. The first-order valence-electron chi connectivity index (χ1n) is 5.64. The zero-order valence-corrected chi connectivity index (χ0v) is 12.4. The third-order valence-corrected chi connectivity index (χ3v) is 3.36. The molecular weight excluding hydrogens is 324 g/mol. The molecular formula is C14H9Cl3FNO. The van der Waals surface area contributed by atoms with Crippen LogP contribution in [-0.2, 0) is 11.2 Å². The Morgan fingerprint density at radius 3 is 2.15 bits per heavy atom. The van der Waals surface area contributed by atoms with E-state index in [0.717, 1.165) is 0 Å². The van der Waals surface area contributed by atoms with E-state index in [1.54, 1.807) is 12.1 Å². The van der Waals surface area contributed by atoms with E-state index < -0.39 is 0 Å². The number of hydrogen-bond donors (Lipinski definition) is 1. The molecule has 20 heavy (non-hydrogen) atoms. The molecule has 104 valence electrons. The van der Waals surface area contributed by atoms with Crippen LogP contribution in [0.1, 0.15) is 5.56 Å². The predicted octanol–water partition coefficient (Wildman–Crippen LogP) is 4.97. The average Bonchev–Trinajstić information content (AvgIpc) is 2.36. The minimum absolute atomic E-state index is 0.0928. The second-order valence-corrected chi connectivity index (χ2v) is 5.35. The highest BCUT2D eigenvalue weighted by atomic mass is 35.5. The van der Waals surface area contributed by atoms with Crippen molar-refractivity contribution in [2.75, 3.05) is 5.32 Å². The largest absolute Gasteiger partial charge is 0.323 e. The van der Waals surface area contributed by atoms with E-state index >= 15 is 0 Å². The molecule has 0 aliphatic carbocycles. The topological polar surface area (TPSA) is 29.1 Å². The lowest BCUT2D eigenvalue weighted by atomic mass is 10.1. The Morgan fingerprint density at radius 2 is 1.60 bits per heavy atom. The molecule has 0 unspecified atom stereocenters. The minimum atomic E-state index is -0.349. The van der Waals surface area contributed by atoms with Crippen LogP contribution >= 0.6 is 34.8 Å². The second kappa shape index (κ2) is 6.44. The van der Waals surface area contributed by atoms with Gasteiger partial charge in [0.15, 0.2) is 0 Å². The van der Waals surface area contributed by atoms with Crippen LogP contribution in [0.15, 0.2) is 36.4 Å². The molecule has 0 atom stereocenters. The van der Waals surface area contributed by atoms with Gasteiger partial charge >= 0.3 is 0 Å². The van der Waals surface area contributed by atoms with Crippen molar-refractivity contribution in [1.29, 1.82) is 0 Å². The van der Waals surface area contributed by atoms with Gasteiger partial charge in [0, 0.05) is 5.02 Å². The number of rotatable bonds is 3. The zero-order chi connectivity index (χ0) is 14.7. The molecule has 0 bridgehead atoms. The van der Waals surface area contributed by atoms with Crippen LogP contribution in [-0.4, -0.2) is 5.91 Å². The normalized spacial score (nSPS) is 10.4. The molecule has 0 aliphatic heterocycles. The summed E-state index contributed by atoms with van der Waals surface area (Å²) in [6.45, 7) is 0. The number of anilines is 1. The van der Waals surface area contributed by atoms with E-state index in [2.05, 4.69) is 5.32 Å². The summed E-state index contributed by atoms with van der Waals surface area (Å²) >= 11 is 17.7. The second-order valence-electron chi connectivity index (χ2n) is 4.10. The number of halogens is 4. The monoisotopic (exact) mass is 331 g/mol. The predicted molar refractivity (Wildman–Crippen MR) is 80.2 cm³/mol. The van der Waals surface area contributed by atoms with Crippen molar-refractivity contribution in [3.63, 3.8) is 0 Å². The Labute approximate surface area is 130 Å². The molecule has 0 fully saturated rings. The fourth-order valence-corrected chi connectivity index (χ4v) is 2.54. The Balaban J connectivity index is 2.10. The SMILES string of the molecule is O=C(Cc1ccc(F)cc1)Nc1c(Cl)cc(Cl)cc1Cl. The van der Waals surface area contributed by atoms with Crippen molar-refractivity contribution in [2.24, 2.45) is 0 Å². The van der Waals surface area contributed by atoms with E-state index in [0.29, 0.717) is 16.3 Å². The summed E-state index contributed by atoms with van der Waals surface area (Å²) in [7, 11) is 0.